The topological polar surface area (TPSA) is 13.1 Å². The van der Waals surface area contributed by atoms with Crippen LogP contribution in [0.5, 0.6) is 5.88 Å². The number of nitrogens with zero attached hydrogens (tertiary/aromatic N) is 1. The van der Waals surface area contributed by atoms with E-state index < -0.39 is 144 Å². The molecule has 1 aromatic heterocycles. The van der Waals surface area contributed by atoms with E-state index in [4.69, 9.17) is 4.74 Å². The summed E-state index contributed by atoms with van der Waals surface area (Å²) in [5.74, 6) is -70.5. The van der Waals surface area contributed by atoms with Crippen molar-refractivity contribution in [3.63, 3.8) is 0 Å². The summed E-state index contributed by atoms with van der Waals surface area (Å²) in [6, 6.07) is 38.3. The number of aromatic nitrogens is 1. The number of benzene rings is 8. The van der Waals surface area contributed by atoms with E-state index >= 15 is 35.1 Å². The van der Waals surface area contributed by atoms with E-state index in [-0.39, 0.29) is 6.10 Å². The van der Waals surface area contributed by atoms with Gasteiger partial charge in [-0.2, -0.15) is 4.57 Å². The lowest BCUT2D eigenvalue weighted by atomic mass is 9.12. The number of halogens is 20. The van der Waals surface area contributed by atoms with Crippen LogP contribution in [0.4, 0.5) is 87.8 Å². The average Bonchev–Trinajstić information content (AvgIpc) is 3.89. The Balaban J connectivity index is 0.000000197. The molecule has 23 heteroatoms. The lowest BCUT2D eigenvalue weighted by Gasteiger charge is -2.44. The van der Waals surface area contributed by atoms with Gasteiger partial charge in [-0.3, -0.25) is 0 Å². The summed E-state index contributed by atoms with van der Waals surface area (Å²) in [6.45, 7) is 0.761. The highest BCUT2D eigenvalue weighted by atomic mass is 19.2. The molecule has 0 saturated heterocycles. The van der Waals surface area contributed by atoms with Crippen LogP contribution in [0.15, 0.2) is 115 Å². The minimum absolute atomic E-state index is 0.125. The SMILES string of the molecule is Fc1c(F)c(F)c([B-](c2c(F)c(F)c(F)c(F)c2F)(c2c(F)c(F)c(F)c(F)c2F)c2c(F)c(F)c(F)c(F)c2F)c(F)c1F.c1ccc(C[n+]2ccc3ccccc3c2OC2c3ccccc3-c3ccccc32)cc1. The highest BCUT2D eigenvalue weighted by molar-refractivity contribution is 7.20. The van der Waals surface area contributed by atoms with Crippen molar-refractivity contribution in [2.45, 2.75) is 12.6 Å². The van der Waals surface area contributed by atoms with E-state index in [1.54, 1.807) is 0 Å². The molecule has 76 heavy (non-hydrogen) atoms. The molecule has 1 heterocycles. The van der Waals surface area contributed by atoms with Crippen molar-refractivity contribution >= 4 is 38.8 Å². The van der Waals surface area contributed by atoms with Gasteiger partial charge in [0, 0.05) is 22.8 Å². The van der Waals surface area contributed by atoms with Crippen LogP contribution in [0, 0.1) is 116 Å². The zero-order chi connectivity index (χ0) is 55.0. The summed E-state index contributed by atoms with van der Waals surface area (Å²) in [5, 5.41) is 2.31. The number of ether oxygens (including phenoxy) is 1. The molecular weight excluding hydrogens is 1060 g/mol. The zero-order valence-corrected chi connectivity index (χ0v) is 37.2. The Morgan fingerprint density at radius 1 is 0.329 bits per heavy atom. The molecule has 0 aliphatic heterocycles. The van der Waals surface area contributed by atoms with E-state index in [0.717, 1.165) is 17.8 Å². The molecule has 0 N–H and O–H groups in total. The van der Waals surface area contributed by atoms with Crippen molar-refractivity contribution in [3.8, 4) is 17.0 Å². The molecule has 1 aliphatic rings. The normalized spacial score (nSPS) is 12.2. The minimum atomic E-state index is -7.22. The fourth-order valence-corrected chi connectivity index (χ4v) is 9.49. The van der Waals surface area contributed by atoms with Gasteiger partial charge >= 0.3 is 5.88 Å². The highest BCUT2D eigenvalue weighted by Crippen LogP contribution is 2.46. The largest absolute Gasteiger partial charge is 0.431 e. The van der Waals surface area contributed by atoms with Gasteiger partial charge in [-0.1, -0.05) is 97.1 Å². The first-order valence-electron chi connectivity index (χ1n) is 21.6. The first-order valence-corrected chi connectivity index (χ1v) is 21.6. The smallest absolute Gasteiger partial charge is 0.377 e. The second kappa shape index (κ2) is 19.7. The zero-order valence-electron chi connectivity index (χ0n) is 37.2. The van der Waals surface area contributed by atoms with Crippen molar-refractivity contribution in [2.24, 2.45) is 0 Å². The summed E-state index contributed by atoms with van der Waals surface area (Å²) in [7, 11) is 0. The fraction of sp³-hybridized carbons (Fsp3) is 0.0377. The molecule has 0 unspecified atom stereocenters. The number of hydrogen-bond acceptors (Lipinski definition) is 1. The molecule has 0 bridgehead atoms. The summed E-state index contributed by atoms with van der Waals surface area (Å²) in [4.78, 5) is 0. The molecule has 0 amide bonds. The lowest BCUT2D eigenvalue weighted by Crippen LogP contribution is -2.81. The number of hydrogen-bond donors (Lipinski definition) is 0. The minimum Gasteiger partial charge on any atom is -0.431 e. The van der Waals surface area contributed by atoms with Gasteiger partial charge in [-0.15, -0.1) is 21.9 Å². The van der Waals surface area contributed by atoms with Crippen molar-refractivity contribution in [1.29, 1.82) is 0 Å². The Bertz CT molecular complexity index is 3430. The summed E-state index contributed by atoms with van der Waals surface area (Å²) in [6.07, 6.45) is -5.21. The molecule has 0 spiro atoms. The van der Waals surface area contributed by atoms with Gasteiger partial charge in [0.25, 0.3) is 0 Å². The molecule has 0 radical (unpaired) electrons. The van der Waals surface area contributed by atoms with Crippen molar-refractivity contribution in [2.75, 3.05) is 0 Å². The molecule has 0 atom stereocenters. The van der Waals surface area contributed by atoms with Gasteiger partial charge < -0.3 is 4.74 Å². The van der Waals surface area contributed by atoms with Crippen molar-refractivity contribution in [1.82, 2.24) is 0 Å². The molecular formula is C53H22BF20NO. The molecule has 2 nitrogen and oxygen atoms in total. The van der Waals surface area contributed by atoms with Gasteiger partial charge in [0.15, 0.2) is 88.7 Å². The molecule has 388 valence electrons. The summed E-state index contributed by atoms with van der Waals surface area (Å²) in [5.41, 5.74) is -8.11. The van der Waals surface area contributed by atoms with Crippen LogP contribution in [0.1, 0.15) is 22.8 Å². The van der Waals surface area contributed by atoms with Crippen LogP contribution < -0.4 is 31.2 Å². The maximum Gasteiger partial charge on any atom is 0.377 e. The van der Waals surface area contributed by atoms with Gasteiger partial charge in [0.2, 0.25) is 0 Å². The highest BCUT2D eigenvalue weighted by Gasteiger charge is 2.52. The van der Waals surface area contributed by atoms with Crippen LogP contribution in [0.25, 0.3) is 21.9 Å². The van der Waals surface area contributed by atoms with Crippen LogP contribution in [-0.2, 0) is 6.54 Å². The second-order valence-corrected chi connectivity index (χ2v) is 16.8. The standard InChI is InChI=1S/C29H22NO.C24BF20/c1-2-10-21(11-3-1)20-30-19-18-22-12-4-5-13-23(22)29(30)31-28-26-16-8-6-14-24(26)25-15-7-9-17-27(25)28;26-5-1(6(27)14(35)21(42)13(5)34)25(2-7(28)15(36)22(43)16(37)8(2)29,3-9(30)17(38)23(44)18(39)10(3)31)4-11(32)19(40)24(45)20(41)12(4)33/h1-19,28H,20H2;/q+1;-1. The maximum absolute atomic E-state index is 15.4. The third kappa shape index (κ3) is 7.96. The number of fused-ring (bicyclic) bond motifs is 4. The van der Waals surface area contributed by atoms with Crippen LogP contribution in [0.2, 0.25) is 0 Å². The third-order valence-corrected chi connectivity index (χ3v) is 12.8. The molecule has 9 aromatic rings. The van der Waals surface area contributed by atoms with Gasteiger partial charge in [0.05, 0.1) is 5.39 Å². The van der Waals surface area contributed by atoms with Gasteiger partial charge in [-0.25, -0.2) is 87.8 Å². The van der Waals surface area contributed by atoms with E-state index in [2.05, 4.69) is 120 Å². The van der Waals surface area contributed by atoms with Crippen molar-refractivity contribution in [3.05, 3.63) is 248 Å². The van der Waals surface area contributed by atoms with Crippen LogP contribution >= 0.6 is 0 Å². The van der Waals surface area contributed by atoms with E-state index in [0.29, 0.717) is 0 Å². The van der Waals surface area contributed by atoms with Crippen molar-refractivity contribution < 1.29 is 97.1 Å². The molecule has 8 aromatic carbocycles. The fourth-order valence-electron chi connectivity index (χ4n) is 9.49. The van der Waals surface area contributed by atoms with Gasteiger partial charge in [0.1, 0.15) is 52.7 Å². The second-order valence-electron chi connectivity index (χ2n) is 16.8. The Kier molecular flexibility index (Phi) is 13.6. The average molecular weight is 1080 g/mol. The molecule has 10 rings (SSSR count). The number of rotatable bonds is 8. The Hall–Kier alpha value is -8.37. The van der Waals surface area contributed by atoms with Crippen LogP contribution in [0.3, 0.4) is 0 Å². The molecule has 0 saturated carbocycles. The quantitative estimate of drug-likeness (QED) is 0.0486. The first-order chi connectivity index (χ1) is 36.1. The predicted molar refractivity (Wildman–Crippen MR) is 233 cm³/mol. The maximum atomic E-state index is 15.4. The number of pyridine rings is 1. The van der Waals surface area contributed by atoms with E-state index in [1.165, 1.54) is 33.2 Å². The monoisotopic (exact) mass is 1080 g/mol. The summed E-state index contributed by atoms with van der Waals surface area (Å²) < 4.78 is 303. The first kappa shape index (κ1) is 52.5. The molecule has 1 aliphatic carbocycles. The lowest BCUT2D eigenvalue weighted by molar-refractivity contribution is -0.692. The Morgan fingerprint density at radius 3 is 1.00 bits per heavy atom. The predicted octanol–water partition coefficient (Wildman–Crippen LogP) is 12.2. The summed E-state index contributed by atoms with van der Waals surface area (Å²) >= 11 is 0. The molecule has 0 fully saturated rings. The van der Waals surface area contributed by atoms with E-state index in [9.17, 15) is 52.7 Å². The Morgan fingerprint density at radius 2 is 0.632 bits per heavy atom. The van der Waals surface area contributed by atoms with E-state index in [1.807, 2.05) is 0 Å². The third-order valence-electron chi connectivity index (χ3n) is 12.8. The van der Waals surface area contributed by atoms with Gasteiger partial charge in [-0.05, 0) is 22.6 Å². The Labute approximate surface area is 413 Å². The van der Waals surface area contributed by atoms with Crippen LogP contribution in [-0.4, -0.2) is 6.15 Å².